The predicted octanol–water partition coefficient (Wildman–Crippen LogP) is 3.65. The molecule has 0 aliphatic heterocycles. The lowest BCUT2D eigenvalue weighted by Crippen LogP contribution is -2.06. The Bertz CT molecular complexity index is 816. The van der Waals surface area contributed by atoms with Crippen molar-refractivity contribution in [2.45, 2.75) is 26.7 Å². The van der Waals surface area contributed by atoms with Crippen molar-refractivity contribution >= 4 is 11.8 Å². The van der Waals surface area contributed by atoms with Crippen LogP contribution >= 0.6 is 0 Å². The number of pyridine rings is 1. The largest absolute Gasteiger partial charge is 0.469 e. The fraction of sp³-hybridized carbons (Fsp3) is 0.261. The van der Waals surface area contributed by atoms with E-state index in [0.29, 0.717) is 12.1 Å². The van der Waals surface area contributed by atoms with Crippen molar-refractivity contribution < 1.29 is 14.3 Å². The third-order valence-electron chi connectivity index (χ3n) is 4.11. The van der Waals surface area contributed by atoms with E-state index in [1.165, 1.54) is 7.11 Å². The maximum Gasteiger partial charge on any atom is 0.309 e. The van der Waals surface area contributed by atoms with E-state index in [0.717, 1.165) is 22.3 Å². The molecule has 1 aromatic rings. The van der Waals surface area contributed by atoms with E-state index in [2.05, 4.69) is 11.6 Å². The van der Waals surface area contributed by atoms with Crippen molar-refractivity contribution in [2.24, 2.45) is 5.73 Å². The third kappa shape index (κ3) is 7.68. The van der Waals surface area contributed by atoms with Crippen molar-refractivity contribution in [1.29, 1.82) is 0 Å². The van der Waals surface area contributed by atoms with Crippen LogP contribution in [0.3, 0.4) is 0 Å². The highest BCUT2D eigenvalue weighted by Crippen LogP contribution is 2.19. The zero-order valence-corrected chi connectivity index (χ0v) is 16.8. The van der Waals surface area contributed by atoms with Crippen LogP contribution in [-0.4, -0.2) is 30.4 Å². The van der Waals surface area contributed by atoms with Crippen LogP contribution in [0.2, 0.25) is 0 Å². The molecule has 1 rings (SSSR count). The first kappa shape index (κ1) is 23.0. The van der Waals surface area contributed by atoms with Gasteiger partial charge in [-0.3, -0.25) is 14.6 Å². The number of carbonyl (C=O) groups is 2. The quantitative estimate of drug-likeness (QED) is 0.381. The average molecular weight is 380 g/mol. The fourth-order valence-corrected chi connectivity index (χ4v) is 2.51. The number of allylic oxidation sites excluding steroid dienone is 7. The van der Waals surface area contributed by atoms with E-state index in [4.69, 9.17) is 10.5 Å². The molecular weight excluding hydrogens is 352 g/mol. The topological polar surface area (TPSA) is 82.3 Å². The molecule has 0 spiro atoms. The molecule has 0 fully saturated rings. The minimum absolute atomic E-state index is 0.0438. The Labute approximate surface area is 167 Å². The number of nitrogens with two attached hydrogens (primary N) is 1. The van der Waals surface area contributed by atoms with Crippen LogP contribution in [0.25, 0.3) is 0 Å². The number of esters is 1. The molecule has 5 heteroatoms. The second kappa shape index (κ2) is 12.4. The van der Waals surface area contributed by atoms with Crippen LogP contribution < -0.4 is 5.73 Å². The fourth-order valence-electron chi connectivity index (χ4n) is 2.51. The number of ether oxygens (including phenoxy) is 1. The van der Waals surface area contributed by atoms with E-state index < -0.39 is 0 Å². The standard InChI is InChI=1S/C23H28N2O3/c1-5-18(15-23(27)28-4)13-17(3)21(7-10-24)16-20(6-2)22(26)14-19-8-11-25-12-9-19/h5-9,11-13,16H,2,10,14-15,24H2,1,3-4H3/b17-13+,18-5+,20-16+,21-7-. The number of aromatic nitrogens is 1. The molecule has 0 atom stereocenters. The monoisotopic (exact) mass is 380 g/mol. The highest BCUT2D eigenvalue weighted by Gasteiger charge is 2.10. The van der Waals surface area contributed by atoms with Crippen LogP contribution in [0.1, 0.15) is 25.8 Å². The number of carbonyl (C=O) groups excluding carboxylic acids is 2. The Balaban J connectivity index is 3.12. The summed E-state index contributed by atoms with van der Waals surface area (Å²) in [4.78, 5) is 28.2. The number of Topliss-reactive ketones (excluding diaryl/α,β-unsaturated/α-hetero) is 1. The molecular formula is C23H28N2O3. The minimum atomic E-state index is -0.309. The summed E-state index contributed by atoms with van der Waals surface area (Å²) in [6.07, 6.45) is 12.7. The zero-order chi connectivity index (χ0) is 20.9. The molecule has 0 aliphatic rings. The summed E-state index contributed by atoms with van der Waals surface area (Å²) in [5.74, 6) is -0.353. The van der Waals surface area contributed by atoms with Crippen LogP contribution in [-0.2, 0) is 20.7 Å². The molecule has 0 unspecified atom stereocenters. The molecule has 148 valence electrons. The number of hydrogen-bond donors (Lipinski definition) is 1. The third-order valence-corrected chi connectivity index (χ3v) is 4.11. The molecule has 5 nitrogen and oxygen atoms in total. The highest BCUT2D eigenvalue weighted by molar-refractivity contribution is 5.99. The van der Waals surface area contributed by atoms with Crippen molar-refractivity contribution in [3.8, 4) is 0 Å². The van der Waals surface area contributed by atoms with E-state index in [-0.39, 0.29) is 24.6 Å². The van der Waals surface area contributed by atoms with E-state index in [9.17, 15) is 9.59 Å². The van der Waals surface area contributed by atoms with Gasteiger partial charge in [0.25, 0.3) is 0 Å². The maximum absolute atomic E-state index is 12.7. The number of ketones is 1. The molecule has 0 aromatic carbocycles. The van der Waals surface area contributed by atoms with Gasteiger partial charge in [-0.25, -0.2) is 0 Å². The van der Waals surface area contributed by atoms with Crippen LogP contribution in [0.4, 0.5) is 0 Å². The molecule has 0 saturated heterocycles. The Morgan fingerprint density at radius 2 is 1.89 bits per heavy atom. The molecule has 1 heterocycles. The van der Waals surface area contributed by atoms with Gasteiger partial charge in [-0.2, -0.15) is 0 Å². The summed E-state index contributed by atoms with van der Waals surface area (Å²) in [6, 6.07) is 3.62. The Kier molecular flexibility index (Phi) is 10.1. The summed E-state index contributed by atoms with van der Waals surface area (Å²) in [6.45, 7) is 7.86. The Hall–Kier alpha value is -3.05. The summed E-state index contributed by atoms with van der Waals surface area (Å²) >= 11 is 0. The number of hydrogen-bond acceptors (Lipinski definition) is 5. The van der Waals surface area contributed by atoms with Gasteiger partial charge < -0.3 is 10.5 Å². The molecule has 0 aliphatic carbocycles. The molecule has 2 N–H and O–H groups in total. The van der Waals surface area contributed by atoms with Gasteiger partial charge in [-0.05, 0) is 54.3 Å². The van der Waals surface area contributed by atoms with E-state index in [1.807, 2.05) is 44.2 Å². The summed E-state index contributed by atoms with van der Waals surface area (Å²) in [5, 5.41) is 0. The van der Waals surface area contributed by atoms with Gasteiger partial charge in [0.15, 0.2) is 5.78 Å². The Morgan fingerprint density at radius 1 is 1.21 bits per heavy atom. The smallest absolute Gasteiger partial charge is 0.309 e. The first-order chi connectivity index (χ1) is 13.4. The van der Waals surface area contributed by atoms with Crippen LogP contribution in [0.5, 0.6) is 0 Å². The van der Waals surface area contributed by atoms with Gasteiger partial charge in [0.05, 0.1) is 13.5 Å². The van der Waals surface area contributed by atoms with Gasteiger partial charge >= 0.3 is 5.97 Å². The van der Waals surface area contributed by atoms with Gasteiger partial charge in [-0.1, -0.05) is 30.9 Å². The number of nitrogens with zero attached hydrogens (tertiary/aromatic N) is 1. The molecule has 0 amide bonds. The van der Waals surface area contributed by atoms with E-state index >= 15 is 0 Å². The van der Waals surface area contributed by atoms with Crippen molar-refractivity contribution in [2.75, 3.05) is 13.7 Å². The van der Waals surface area contributed by atoms with Crippen molar-refractivity contribution in [3.63, 3.8) is 0 Å². The van der Waals surface area contributed by atoms with Crippen molar-refractivity contribution in [1.82, 2.24) is 4.98 Å². The van der Waals surface area contributed by atoms with Gasteiger partial charge in [0, 0.05) is 30.9 Å². The Morgan fingerprint density at radius 3 is 2.43 bits per heavy atom. The lowest BCUT2D eigenvalue weighted by Gasteiger charge is -2.08. The second-order valence-electron chi connectivity index (χ2n) is 6.10. The highest BCUT2D eigenvalue weighted by atomic mass is 16.5. The van der Waals surface area contributed by atoms with Crippen molar-refractivity contribution in [3.05, 3.63) is 89.3 Å². The van der Waals surface area contributed by atoms with Crippen LogP contribution in [0, 0.1) is 0 Å². The molecule has 1 aromatic heterocycles. The molecule has 0 radical (unpaired) electrons. The first-order valence-electron chi connectivity index (χ1n) is 9.02. The lowest BCUT2D eigenvalue weighted by atomic mass is 9.97. The van der Waals surface area contributed by atoms with Gasteiger partial charge in [0.1, 0.15) is 0 Å². The first-order valence-corrected chi connectivity index (χ1v) is 9.02. The summed E-state index contributed by atoms with van der Waals surface area (Å²) < 4.78 is 4.72. The average Bonchev–Trinajstić information content (AvgIpc) is 2.70. The van der Waals surface area contributed by atoms with Gasteiger partial charge in [-0.15, -0.1) is 0 Å². The lowest BCUT2D eigenvalue weighted by molar-refractivity contribution is -0.139. The second-order valence-corrected chi connectivity index (χ2v) is 6.10. The summed E-state index contributed by atoms with van der Waals surface area (Å²) in [5.41, 5.74) is 9.62. The van der Waals surface area contributed by atoms with E-state index in [1.54, 1.807) is 24.5 Å². The maximum atomic E-state index is 12.7. The predicted molar refractivity (Wildman–Crippen MR) is 113 cm³/mol. The molecule has 0 saturated carbocycles. The molecule has 0 bridgehead atoms. The number of methoxy groups -OCH3 is 1. The summed E-state index contributed by atoms with van der Waals surface area (Å²) in [7, 11) is 1.36. The van der Waals surface area contributed by atoms with Gasteiger partial charge in [0.2, 0.25) is 0 Å². The van der Waals surface area contributed by atoms with Crippen LogP contribution in [0.15, 0.2) is 83.8 Å². The minimum Gasteiger partial charge on any atom is -0.469 e. The zero-order valence-electron chi connectivity index (χ0n) is 16.8. The molecule has 28 heavy (non-hydrogen) atoms. The number of rotatable bonds is 10. The normalized spacial score (nSPS) is 13.3. The SMILES string of the molecule is C=C\C(=C/C(=C/CN)C(/C)=C/C(=C\C)CC(=O)OC)C(=O)Cc1ccncc1.